The fourth-order valence-corrected chi connectivity index (χ4v) is 5.90. The molecule has 0 saturated heterocycles. The third-order valence-electron chi connectivity index (χ3n) is 8.63. The van der Waals surface area contributed by atoms with E-state index in [0.717, 1.165) is 66.8 Å². The Balaban J connectivity index is 1.26. The molecule has 0 spiro atoms. The van der Waals surface area contributed by atoms with Crippen molar-refractivity contribution in [2.24, 2.45) is 0 Å². The van der Waals surface area contributed by atoms with Gasteiger partial charge >= 0.3 is 0 Å². The van der Waals surface area contributed by atoms with Gasteiger partial charge in [0.15, 0.2) is 0 Å². The van der Waals surface area contributed by atoms with Crippen LogP contribution in [0, 0.1) is 34.0 Å². The highest BCUT2D eigenvalue weighted by molar-refractivity contribution is 5.83. The molecule has 48 heavy (non-hydrogen) atoms. The molecule has 0 aliphatic carbocycles. The van der Waals surface area contributed by atoms with Gasteiger partial charge in [-0.3, -0.25) is 0 Å². The van der Waals surface area contributed by atoms with E-state index < -0.39 is 0 Å². The van der Waals surface area contributed by atoms with Crippen LogP contribution < -0.4 is 0 Å². The average molecular weight is 610 g/mol. The number of benzene rings is 7. The molecule has 0 bridgehead atoms. The first-order valence-corrected chi connectivity index (χ1v) is 15.6. The first-order chi connectivity index (χ1) is 23.6. The highest BCUT2D eigenvalue weighted by atomic mass is 14.2. The Hall–Kier alpha value is -6.99. The largest absolute Gasteiger partial charge is 0.192 e. The van der Waals surface area contributed by atoms with Crippen molar-refractivity contribution in [2.75, 3.05) is 0 Å². The highest BCUT2D eigenvalue weighted by Crippen LogP contribution is 2.35. The summed E-state index contributed by atoms with van der Waals surface area (Å²) in [6.07, 6.45) is 0. The number of nitrogens with zero attached hydrogens (tertiary/aromatic N) is 3. The second-order valence-electron chi connectivity index (χ2n) is 11.6. The molecule has 0 heterocycles. The molecule has 0 aromatic heterocycles. The lowest BCUT2D eigenvalue weighted by atomic mass is 9.91. The molecule has 0 aliphatic heterocycles. The van der Waals surface area contributed by atoms with Gasteiger partial charge in [-0.2, -0.15) is 15.8 Å². The van der Waals surface area contributed by atoms with E-state index >= 15 is 0 Å². The van der Waals surface area contributed by atoms with E-state index in [-0.39, 0.29) is 0 Å². The van der Waals surface area contributed by atoms with E-state index in [2.05, 4.69) is 109 Å². The summed E-state index contributed by atoms with van der Waals surface area (Å²) in [5, 5.41) is 27.5. The van der Waals surface area contributed by atoms with Gasteiger partial charge in [-0.25, -0.2) is 0 Å². The first kappa shape index (κ1) is 29.7. The summed E-state index contributed by atoms with van der Waals surface area (Å²) in [5.74, 6) is 0. The van der Waals surface area contributed by atoms with Crippen LogP contribution in [0.2, 0.25) is 0 Å². The van der Waals surface area contributed by atoms with Gasteiger partial charge in [0.05, 0.1) is 34.9 Å². The van der Waals surface area contributed by atoms with Crippen molar-refractivity contribution in [3.05, 3.63) is 180 Å². The van der Waals surface area contributed by atoms with Crippen LogP contribution in [0.3, 0.4) is 0 Å². The molecule has 0 aliphatic rings. The van der Waals surface area contributed by atoms with Crippen LogP contribution in [0.5, 0.6) is 0 Å². The normalized spacial score (nSPS) is 10.4. The minimum atomic E-state index is 0.648. The molecule has 0 fully saturated rings. The topological polar surface area (TPSA) is 71.4 Å². The second-order valence-corrected chi connectivity index (χ2v) is 11.6. The molecule has 0 radical (unpaired) electrons. The van der Waals surface area contributed by atoms with Crippen LogP contribution in [0.15, 0.2) is 164 Å². The molecule has 0 saturated carbocycles. The minimum absolute atomic E-state index is 0.648. The SMILES string of the molecule is N#Cc1ccc(-c2ccc(-c3cc(-c4ccc(-c5ccc(C#N)cc5)cc4)cc(-c4ccc(-c5ccc(C#N)cc5)cc4)c3)cc2)cc1. The third-order valence-corrected chi connectivity index (χ3v) is 8.63. The second kappa shape index (κ2) is 13.2. The molecule has 7 aromatic rings. The van der Waals surface area contributed by atoms with Gasteiger partial charge in [0.25, 0.3) is 0 Å². The Morgan fingerprint density at radius 2 is 0.354 bits per heavy atom. The van der Waals surface area contributed by atoms with Gasteiger partial charge in [0.1, 0.15) is 0 Å². The van der Waals surface area contributed by atoms with E-state index in [1.165, 1.54) is 0 Å². The van der Waals surface area contributed by atoms with Crippen molar-refractivity contribution in [1.82, 2.24) is 0 Å². The molecule has 0 atom stereocenters. The summed E-state index contributed by atoms with van der Waals surface area (Å²) >= 11 is 0. The van der Waals surface area contributed by atoms with Gasteiger partial charge in [0, 0.05) is 0 Å². The van der Waals surface area contributed by atoms with Gasteiger partial charge in [-0.15, -0.1) is 0 Å². The van der Waals surface area contributed by atoms with Gasteiger partial charge < -0.3 is 0 Å². The van der Waals surface area contributed by atoms with Gasteiger partial charge in [-0.1, -0.05) is 109 Å². The molecule has 7 aromatic carbocycles. The van der Waals surface area contributed by atoms with Gasteiger partial charge in [-0.05, 0) is 121 Å². The van der Waals surface area contributed by atoms with Crippen LogP contribution in [0.25, 0.3) is 66.8 Å². The molecular weight excluding hydrogens is 583 g/mol. The summed E-state index contributed by atoms with van der Waals surface area (Å²) in [5.41, 5.74) is 15.1. The number of nitriles is 3. The maximum absolute atomic E-state index is 9.17. The summed E-state index contributed by atoms with van der Waals surface area (Å²) in [6.45, 7) is 0. The summed E-state index contributed by atoms with van der Waals surface area (Å²) in [4.78, 5) is 0. The van der Waals surface area contributed by atoms with Crippen molar-refractivity contribution in [2.45, 2.75) is 0 Å². The van der Waals surface area contributed by atoms with Crippen LogP contribution in [-0.4, -0.2) is 0 Å². The Morgan fingerprint density at radius 1 is 0.208 bits per heavy atom. The lowest BCUT2D eigenvalue weighted by Gasteiger charge is -2.13. The van der Waals surface area contributed by atoms with E-state index in [0.29, 0.717) is 16.7 Å². The van der Waals surface area contributed by atoms with Crippen molar-refractivity contribution >= 4 is 0 Å². The Labute approximate surface area is 280 Å². The molecule has 7 rings (SSSR count). The van der Waals surface area contributed by atoms with Crippen LogP contribution >= 0.6 is 0 Å². The Bertz CT molecular complexity index is 2060. The van der Waals surface area contributed by atoms with Crippen LogP contribution in [0.1, 0.15) is 16.7 Å². The fourth-order valence-electron chi connectivity index (χ4n) is 5.90. The number of hydrogen-bond acceptors (Lipinski definition) is 3. The predicted octanol–water partition coefficient (Wildman–Crippen LogP) is 11.3. The summed E-state index contributed by atoms with van der Waals surface area (Å²) in [7, 11) is 0. The van der Waals surface area contributed by atoms with Gasteiger partial charge in [0.2, 0.25) is 0 Å². The predicted molar refractivity (Wildman–Crippen MR) is 193 cm³/mol. The van der Waals surface area contributed by atoms with Crippen LogP contribution in [0.4, 0.5) is 0 Å². The van der Waals surface area contributed by atoms with Crippen molar-refractivity contribution in [3.63, 3.8) is 0 Å². The Morgan fingerprint density at radius 3 is 0.521 bits per heavy atom. The van der Waals surface area contributed by atoms with E-state index in [1.54, 1.807) is 0 Å². The monoisotopic (exact) mass is 609 g/mol. The standard InChI is InChI=1S/C45H27N3/c46-28-31-1-7-34(8-2-31)37-13-19-40(20-14-37)43-25-44(41-21-15-38(16-22-41)35-9-3-32(29-47)4-10-35)27-45(26-43)42-23-17-39(18-24-42)36-11-5-33(30-48)6-12-36/h1-27H. The van der Waals surface area contributed by atoms with E-state index in [1.807, 2.05) is 72.8 Å². The zero-order valence-electron chi connectivity index (χ0n) is 25.9. The summed E-state index contributed by atoms with van der Waals surface area (Å²) < 4.78 is 0. The molecule has 0 unspecified atom stereocenters. The van der Waals surface area contributed by atoms with Crippen molar-refractivity contribution < 1.29 is 0 Å². The molecule has 222 valence electrons. The lowest BCUT2D eigenvalue weighted by Crippen LogP contribution is -1.88. The smallest absolute Gasteiger partial charge is 0.0991 e. The summed E-state index contributed by atoms with van der Waals surface area (Å²) in [6, 6.07) is 61.9. The van der Waals surface area contributed by atoms with E-state index in [4.69, 9.17) is 15.8 Å². The quantitative estimate of drug-likeness (QED) is 0.188. The zero-order valence-corrected chi connectivity index (χ0v) is 25.9. The fraction of sp³-hybridized carbons (Fsp3) is 0. The maximum Gasteiger partial charge on any atom is 0.0991 e. The van der Waals surface area contributed by atoms with Crippen LogP contribution in [-0.2, 0) is 0 Å². The molecule has 0 amide bonds. The maximum atomic E-state index is 9.17. The molecular formula is C45H27N3. The first-order valence-electron chi connectivity index (χ1n) is 15.6. The highest BCUT2D eigenvalue weighted by Gasteiger charge is 2.10. The van der Waals surface area contributed by atoms with Crippen molar-refractivity contribution in [3.8, 4) is 85.0 Å². The molecule has 0 N–H and O–H groups in total. The lowest BCUT2D eigenvalue weighted by molar-refractivity contribution is 1.48. The zero-order chi connectivity index (χ0) is 32.9. The minimum Gasteiger partial charge on any atom is -0.192 e. The molecule has 3 nitrogen and oxygen atoms in total. The Kier molecular flexibility index (Phi) is 8.15. The third kappa shape index (κ3) is 6.24. The average Bonchev–Trinajstić information content (AvgIpc) is 3.18. The van der Waals surface area contributed by atoms with E-state index in [9.17, 15) is 0 Å². The van der Waals surface area contributed by atoms with Crippen molar-refractivity contribution in [1.29, 1.82) is 15.8 Å². The number of hydrogen-bond donors (Lipinski definition) is 0. The molecule has 3 heteroatoms. The number of rotatable bonds is 6.